The number of carbonyl (C=O) groups excluding carboxylic acids is 4. The summed E-state index contributed by atoms with van der Waals surface area (Å²) in [5.74, 6) is -0.321. The smallest absolute Gasteiger partial charge is 0.239 e. The molecular weight excluding hydrogens is 612 g/mol. The minimum absolute atomic E-state index is 0.115. The van der Waals surface area contributed by atoms with E-state index in [9.17, 15) is 19.2 Å². The van der Waals surface area contributed by atoms with Gasteiger partial charge < -0.3 is 10.6 Å². The number of rotatable bonds is 2. The highest BCUT2D eigenvalue weighted by atomic mass is 16.2. The normalized spacial score (nSPS) is 47.1. The number of ketones is 2. The first-order valence-electron chi connectivity index (χ1n) is 18.4. The third kappa shape index (κ3) is 2.47. The highest BCUT2D eigenvalue weighted by Gasteiger charge is 2.86. The molecule has 8 heteroatoms. The van der Waals surface area contributed by atoms with E-state index in [1.807, 2.05) is 13.8 Å². The number of hydrogen-bond acceptors (Lipinski definition) is 6. The second kappa shape index (κ2) is 8.02. The van der Waals surface area contributed by atoms with Crippen LogP contribution in [0.3, 0.4) is 0 Å². The SMILES string of the molecule is C[C@@H]1C(=O)[C@]23C[C@@]14C=CCN1CC[C@@]2(c2ccc(Cc5ccc6c(c5)NC(=O)[C@@]57C[C@@]8(C=CCN9CC[C@]65[C@@H]98)[C@@H](C)C7=O)cc2NC3=O)[C@@H]14. The highest BCUT2D eigenvalue weighted by Crippen LogP contribution is 2.79. The van der Waals surface area contributed by atoms with Gasteiger partial charge in [0.25, 0.3) is 0 Å². The van der Waals surface area contributed by atoms with Gasteiger partial charge in [-0.25, -0.2) is 0 Å². The maximum absolute atomic E-state index is 14.3. The Hall–Kier alpha value is -3.88. The average Bonchev–Trinajstić information content (AvgIpc) is 3.89. The Morgan fingerprint density at radius 1 is 0.673 bits per heavy atom. The fourth-order valence-electron chi connectivity index (χ4n) is 15.0. The molecule has 0 unspecified atom stereocenters. The van der Waals surface area contributed by atoms with Gasteiger partial charge in [-0.1, -0.05) is 62.4 Å². The zero-order chi connectivity index (χ0) is 33.1. The molecule has 4 saturated carbocycles. The Morgan fingerprint density at radius 3 is 1.57 bits per heavy atom. The first-order chi connectivity index (χ1) is 23.6. The Morgan fingerprint density at radius 2 is 1.12 bits per heavy atom. The Bertz CT molecular complexity index is 1970. The summed E-state index contributed by atoms with van der Waals surface area (Å²) in [5, 5.41) is 6.51. The maximum Gasteiger partial charge on any atom is 0.239 e. The molecule has 248 valence electrons. The summed E-state index contributed by atoms with van der Waals surface area (Å²) < 4.78 is 0. The number of carbonyl (C=O) groups is 4. The van der Waals surface area contributed by atoms with Gasteiger partial charge in [0.15, 0.2) is 11.6 Å². The number of amides is 2. The van der Waals surface area contributed by atoms with Crippen molar-refractivity contribution in [3.05, 3.63) is 83.0 Å². The van der Waals surface area contributed by atoms with Gasteiger partial charge >= 0.3 is 0 Å². The molecule has 10 atom stereocenters. The number of benzene rings is 2. The van der Waals surface area contributed by atoms with Gasteiger partial charge in [0.05, 0.1) is 0 Å². The molecule has 2 amide bonds. The van der Waals surface area contributed by atoms with E-state index in [0.29, 0.717) is 19.3 Å². The molecule has 6 aliphatic heterocycles. The van der Waals surface area contributed by atoms with Crippen molar-refractivity contribution in [1.29, 1.82) is 0 Å². The quantitative estimate of drug-likeness (QED) is 0.374. The lowest BCUT2D eigenvalue weighted by Crippen LogP contribution is -2.65. The molecule has 49 heavy (non-hydrogen) atoms. The summed E-state index contributed by atoms with van der Waals surface area (Å²) in [6.07, 6.45) is 12.5. The van der Waals surface area contributed by atoms with E-state index in [2.05, 4.69) is 81.1 Å². The van der Waals surface area contributed by atoms with Gasteiger partial charge in [-0.3, -0.25) is 29.0 Å². The Balaban J connectivity index is 0.936. The van der Waals surface area contributed by atoms with Crippen LogP contribution in [0.2, 0.25) is 0 Å². The molecule has 2 aromatic rings. The molecule has 6 heterocycles. The molecule has 2 aromatic carbocycles. The number of nitrogens with one attached hydrogen (secondary N) is 2. The molecule has 0 aromatic heterocycles. The standard InChI is InChI=1S/C41H40N4O4/c1-22-30(46)40-20-36(22)9-3-13-44-15-11-38(40,32(36)44)26-7-5-24(18-28(26)42-34(40)48)17-25-6-8-27-29(19-25)43-35(49)41-21-37(23(2)31(41)47)10-4-14-45-16-12-39(27,41)33(37)45/h3-10,18-19,22-23,32-33H,11-17,20-21H2,1-2H3,(H,42,48)(H,43,49)/t22-,23+,32-,33-,36-,37-,38+,39+,40-,41-/m0/s1. The lowest BCUT2D eigenvalue weighted by molar-refractivity contribution is -0.148. The van der Waals surface area contributed by atoms with E-state index >= 15 is 0 Å². The van der Waals surface area contributed by atoms with Crippen molar-refractivity contribution in [1.82, 2.24) is 9.80 Å². The topological polar surface area (TPSA) is 98.8 Å². The van der Waals surface area contributed by atoms with Crippen LogP contribution in [0.4, 0.5) is 11.4 Å². The summed E-state index contributed by atoms with van der Waals surface area (Å²) in [7, 11) is 0. The van der Waals surface area contributed by atoms with Crippen LogP contribution in [-0.2, 0) is 36.4 Å². The predicted molar refractivity (Wildman–Crippen MR) is 182 cm³/mol. The van der Waals surface area contributed by atoms with Crippen LogP contribution in [0.1, 0.15) is 61.8 Å². The second-order valence-corrected chi connectivity index (χ2v) is 17.4. The van der Waals surface area contributed by atoms with E-state index in [1.165, 1.54) is 0 Å². The molecular formula is C41H40N4O4. The third-order valence-electron chi connectivity index (χ3n) is 16.5. The zero-order valence-electron chi connectivity index (χ0n) is 28.0. The molecule has 0 radical (unpaired) electrons. The molecule has 10 aliphatic rings. The van der Waals surface area contributed by atoms with Crippen molar-refractivity contribution in [3.63, 3.8) is 0 Å². The zero-order valence-corrected chi connectivity index (χ0v) is 28.0. The molecule has 8 nitrogen and oxygen atoms in total. The fourth-order valence-corrected chi connectivity index (χ4v) is 15.0. The number of anilines is 2. The molecule has 6 spiro atoms. The Labute approximate surface area is 285 Å². The molecule has 2 saturated heterocycles. The minimum Gasteiger partial charge on any atom is -0.325 e. The van der Waals surface area contributed by atoms with E-state index < -0.39 is 21.7 Å². The van der Waals surface area contributed by atoms with E-state index in [4.69, 9.17) is 0 Å². The first-order valence-corrected chi connectivity index (χ1v) is 18.4. The summed E-state index contributed by atoms with van der Waals surface area (Å²) in [4.78, 5) is 61.8. The molecule has 6 fully saturated rings. The first kappa shape index (κ1) is 27.9. The van der Waals surface area contributed by atoms with Gasteiger partial charge in [0.1, 0.15) is 10.8 Å². The monoisotopic (exact) mass is 652 g/mol. The summed E-state index contributed by atoms with van der Waals surface area (Å²) in [6, 6.07) is 13.3. The van der Waals surface area contributed by atoms with Gasteiger partial charge in [0.2, 0.25) is 11.8 Å². The van der Waals surface area contributed by atoms with Crippen molar-refractivity contribution >= 4 is 34.8 Å². The third-order valence-corrected chi connectivity index (χ3v) is 16.5. The van der Waals surface area contributed by atoms with Crippen molar-refractivity contribution < 1.29 is 19.2 Å². The number of fused-ring (bicyclic) bond motifs is 2. The molecule has 4 aliphatic carbocycles. The van der Waals surface area contributed by atoms with Crippen LogP contribution in [0.15, 0.2) is 60.7 Å². The van der Waals surface area contributed by atoms with Gasteiger partial charge in [-0.2, -0.15) is 0 Å². The summed E-state index contributed by atoms with van der Waals surface area (Å²) >= 11 is 0. The summed E-state index contributed by atoms with van der Waals surface area (Å²) in [6.45, 7) is 7.64. The van der Waals surface area contributed by atoms with Crippen molar-refractivity contribution in [2.75, 3.05) is 36.8 Å². The van der Waals surface area contributed by atoms with Crippen LogP contribution >= 0.6 is 0 Å². The lowest BCUT2D eigenvalue weighted by atomic mass is 9.51. The van der Waals surface area contributed by atoms with Gasteiger partial charge in [-0.15, -0.1) is 0 Å². The number of Topliss-reactive ketones (excluding diaryl/α,β-unsaturated/α-hetero) is 2. The van der Waals surface area contributed by atoms with Gasteiger partial charge in [0, 0.05) is 70.0 Å². The second-order valence-electron chi connectivity index (χ2n) is 17.4. The Kier molecular flexibility index (Phi) is 4.57. The predicted octanol–water partition coefficient (Wildman–Crippen LogP) is 4.14. The maximum atomic E-state index is 14.3. The van der Waals surface area contributed by atoms with Crippen LogP contribution in [-0.4, -0.2) is 71.4 Å². The van der Waals surface area contributed by atoms with E-state index in [0.717, 1.165) is 72.6 Å². The van der Waals surface area contributed by atoms with Crippen molar-refractivity contribution in [3.8, 4) is 0 Å². The van der Waals surface area contributed by atoms with Crippen LogP contribution < -0.4 is 10.6 Å². The van der Waals surface area contributed by atoms with Gasteiger partial charge in [-0.05, 0) is 79.6 Å². The van der Waals surface area contributed by atoms with Crippen molar-refractivity contribution in [2.24, 2.45) is 33.5 Å². The average molecular weight is 653 g/mol. The number of nitrogens with zero attached hydrogens (tertiary/aromatic N) is 2. The fraction of sp³-hybridized carbons (Fsp3) is 0.512. The molecule has 4 bridgehead atoms. The summed E-state index contributed by atoms with van der Waals surface area (Å²) in [5.41, 5.74) is 2.48. The van der Waals surface area contributed by atoms with E-state index in [1.54, 1.807) is 0 Å². The van der Waals surface area contributed by atoms with Crippen molar-refractivity contribution in [2.45, 2.75) is 68.9 Å². The highest BCUT2D eigenvalue weighted by molar-refractivity contribution is 6.20. The van der Waals surface area contributed by atoms with Crippen LogP contribution in [0, 0.1) is 33.5 Å². The van der Waals surface area contributed by atoms with Crippen LogP contribution in [0.5, 0.6) is 0 Å². The molecule has 2 N–H and O–H groups in total. The minimum atomic E-state index is -1.01. The lowest BCUT2D eigenvalue weighted by Gasteiger charge is -2.54. The molecule has 12 rings (SSSR count). The van der Waals surface area contributed by atoms with Crippen LogP contribution in [0.25, 0.3) is 0 Å². The van der Waals surface area contributed by atoms with E-state index in [-0.39, 0.29) is 58.1 Å². The number of hydrogen-bond donors (Lipinski definition) is 2. The largest absolute Gasteiger partial charge is 0.325 e.